The van der Waals surface area contributed by atoms with Gasteiger partial charge in [0, 0.05) is 18.9 Å². The van der Waals surface area contributed by atoms with Crippen molar-refractivity contribution in [3.63, 3.8) is 0 Å². The maximum atomic E-state index is 13.3. The molecule has 2 heterocycles. The van der Waals surface area contributed by atoms with Gasteiger partial charge in [0.2, 0.25) is 0 Å². The molecule has 0 aliphatic carbocycles. The van der Waals surface area contributed by atoms with Crippen LogP contribution in [0.1, 0.15) is 35.6 Å². The second-order valence-electron chi connectivity index (χ2n) is 6.34. The van der Waals surface area contributed by atoms with Gasteiger partial charge in [0.25, 0.3) is 0 Å². The maximum Gasteiger partial charge on any atom is 0.136 e. The quantitative estimate of drug-likeness (QED) is 0.718. The van der Waals surface area contributed by atoms with E-state index in [-0.39, 0.29) is 18.4 Å². The van der Waals surface area contributed by atoms with Crippen LogP contribution in [0.25, 0.3) is 0 Å². The van der Waals surface area contributed by atoms with Crippen molar-refractivity contribution in [3.05, 3.63) is 89.4 Å². The van der Waals surface area contributed by atoms with Gasteiger partial charge >= 0.3 is 0 Å². The summed E-state index contributed by atoms with van der Waals surface area (Å²) in [6.07, 6.45) is 3.46. The van der Waals surface area contributed by atoms with Gasteiger partial charge in [-0.05, 0) is 55.3 Å². The first-order valence-electron chi connectivity index (χ1n) is 8.14. The Kier molecular flexibility index (Phi) is 4.97. The minimum absolute atomic E-state index is 0.225. The molecule has 0 radical (unpaired) electrons. The molecule has 0 saturated carbocycles. The molecular formula is C20H21FN2O2. The molecule has 0 saturated heterocycles. The number of pyridine rings is 1. The molecule has 0 aliphatic heterocycles. The summed E-state index contributed by atoms with van der Waals surface area (Å²) >= 11 is 0. The number of nitrogens with one attached hydrogen (secondary N) is 1. The van der Waals surface area contributed by atoms with E-state index < -0.39 is 5.60 Å². The van der Waals surface area contributed by atoms with E-state index in [2.05, 4.69) is 10.3 Å². The minimum Gasteiger partial charge on any atom is -0.463 e. The summed E-state index contributed by atoms with van der Waals surface area (Å²) in [5, 5.41) is 14.1. The summed E-state index contributed by atoms with van der Waals surface area (Å²) in [7, 11) is 0. The Balaban J connectivity index is 1.84. The summed E-state index contributed by atoms with van der Waals surface area (Å²) in [4.78, 5) is 4.16. The molecule has 2 atom stereocenters. The lowest BCUT2D eigenvalue weighted by Gasteiger charge is -2.26. The lowest BCUT2D eigenvalue weighted by Crippen LogP contribution is -2.37. The first kappa shape index (κ1) is 17.3. The number of aliphatic hydroxyl groups is 1. The fraction of sp³-hybridized carbons (Fsp3) is 0.250. The van der Waals surface area contributed by atoms with Crippen molar-refractivity contribution in [2.75, 3.05) is 6.54 Å². The Morgan fingerprint density at radius 2 is 1.92 bits per heavy atom. The van der Waals surface area contributed by atoms with Gasteiger partial charge in [0.1, 0.15) is 22.9 Å². The van der Waals surface area contributed by atoms with Gasteiger partial charge in [0.05, 0.1) is 6.04 Å². The molecule has 0 aliphatic rings. The Morgan fingerprint density at radius 3 is 2.52 bits per heavy atom. The normalized spacial score (nSPS) is 14.9. The predicted molar refractivity (Wildman–Crippen MR) is 93.5 cm³/mol. The molecule has 0 unspecified atom stereocenters. The highest BCUT2D eigenvalue weighted by Crippen LogP contribution is 2.26. The zero-order chi connectivity index (χ0) is 17.9. The molecule has 0 amide bonds. The Bertz CT molecular complexity index is 813. The van der Waals surface area contributed by atoms with Gasteiger partial charge in [-0.2, -0.15) is 0 Å². The molecule has 0 bridgehead atoms. The molecular weight excluding hydrogens is 319 g/mol. The zero-order valence-corrected chi connectivity index (χ0v) is 14.2. The van der Waals surface area contributed by atoms with Crippen molar-refractivity contribution in [3.8, 4) is 0 Å². The maximum absolute atomic E-state index is 13.3. The number of hydrogen-bond donors (Lipinski definition) is 2. The number of nitrogens with zero attached hydrogens (tertiary/aromatic N) is 1. The average molecular weight is 340 g/mol. The van der Waals surface area contributed by atoms with E-state index in [1.807, 2.05) is 25.1 Å². The lowest BCUT2D eigenvalue weighted by atomic mass is 9.97. The first-order valence-corrected chi connectivity index (χ1v) is 8.14. The highest BCUT2D eigenvalue weighted by Gasteiger charge is 2.28. The van der Waals surface area contributed by atoms with E-state index in [0.29, 0.717) is 5.76 Å². The number of rotatable bonds is 6. The standard InChI is InChI=1S/C20H21FN2O2/c1-14-5-10-18(25-14)20(2,24)13-23-19(16-4-3-11-22-12-16)15-6-8-17(21)9-7-15/h3-12,19,23-24H,13H2,1-2H3/t19-,20+/m0/s1. The third-order valence-electron chi connectivity index (χ3n) is 4.14. The van der Waals surface area contributed by atoms with Crippen molar-refractivity contribution in [1.82, 2.24) is 10.3 Å². The summed E-state index contributed by atoms with van der Waals surface area (Å²) < 4.78 is 18.8. The van der Waals surface area contributed by atoms with E-state index >= 15 is 0 Å². The molecule has 130 valence electrons. The van der Waals surface area contributed by atoms with E-state index in [1.54, 1.807) is 37.5 Å². The van der Waals surface area contributed by atoms with Gasteiger partial charge in [-0.1, -0.05) is 18.2 Å². The Morgan fingerprint density at radius 1 is 1.16 bits per heavy atom. The van der Waals surface area contributed by atoms with Crippen LogP contribution >= 0.6 is 0 Å². The Hall–Kier alpha value is -2.50. The van der Waals surface area contributed by atoms with Gasteiger partial charge in [0.15, 0.2) is 0 Å². The van der Waals surface area contributed by atoms with E-state index in [4.69, 9.17) is 4.42 Å². The van der Waals surface area contributed by atoms with Crippen LogP contribution in [-0.2, 0) is 5.60 Å². The van der Waals surface area contributed by atoms with Crippen LogP contribution in [0.3, 0.4) is 0 Å². The van der Waals surface area contributed by atoms with E-state index in [9.17, 15) is 9.50 Å². The van der Waals surface area contributed by atoms with Crippen LogP contribution < -0.4 is 5.32 Å². The Labute approximate surface area is 146 Å². The minimum atomic E-state index is -1.17. The summed E-state index contributed by atoms with van der Waals surface area (Å²) in [5.74, 6) is 0.964. The summed E-state index contributed by atoms with van der Waals surface area (Å²) in [6.45, 7) is 3.80. The number of furan rings is 1. The van der Waals surface area contributed by atoms with Crippen LogP contribution in [0.5, 0.6) is 0 Å². The molecule has 3 rings (SSSR count). The van der Waals surface area contributed by atoms with Crippen molar-refractivity contribution < 1.29 is 13.9 Å². The predicted octanol–water partition coefficient (Wildman–Crippen LogP) is 3.71. The van der Waals surface area contributed by atoms with Gasteiger partial charge in [-0.3, -0.25) is 4.98 Å². The highest BCUT2D eigenvalue weighted by atomic mass is 19.1. The third kappa shape index (κ3) is 4.13. The lowest BCUT2D eigenvalue weighted by molar-refractivity contribution is 0.0318. The number of hydrogen-bond acceptors (Lipinski definition) is 4. The van der Waals surface area contributed by atoms with Crippen LogP contribution in [-0.4, -0.2) is 16.6 Å². The second-order valence-corrected chi connectivity index (χ2v) is 6.34. The molecule has 5 heteroatoms. The van der Waals surface area contributed by atoms with Crippen molar-refractivity contribution >= 4 is 0 Å². The number of halogens is 1. The first-order chi connectivity index (χ1) is 12.0. The van der Waals surface area contributed by atoms with E-state index in [1.165, 1.54) is 12.1 Å². The fourth-order valence-corrected chi connectivity index (χ4v) is 2.74. The molecule has 2 N–H and O–H groups in total. The SMILES string of the molecule is Cc1ccc([C@](C)(O)CN[C@@H](c2ccc(F)cc2)c2cccnc2)o1. The third-order valence-corrected chi connectivity index (χ3v) is 4.14. The number of aromatic nitrogens is 1. The van der Waals surface area contributed by atoms with Crippen molar-refractivity contribution in [2.45, 2.75) is 25.5 Å². The largest absolute Gasteiger partial charge is 0.463 e. The smallest absolute Gasteiger partial charge is 0.136 e. The van der Waals surface area contributed by atoms with Crippen molar-refractivity contribution in [2.24, 2.45) is 0 Å². The van der Waals surface area contributed by atoms with E-state index in [0.717, 1.165) is 16.9 Å². The molecule has 0 spiro atoms. The highest BCUT2D eigenvalue weighted by molar-refractivity contribution is 5.30. The molecule has 3 aromatic rings. The monoisotopic (exact) mass is 340 g/mol. The van der Waals surface area contributed by atoms with Gasteiger partial charge in [-0.25, -0.2) is 4.39 Å². The molecule has 1 aromatic carbocycles. The molecule has 0 fully saturated rings. The van der Waals surface area contributed by atoms with Gasteiger partial charge < -0.3 is 14.8 Å². The average Bonchev–Trinajstić information content (AvgIpc) is 3.05. The fourth-order valence-electron chi connectivity index (χ4n) is 2.74. The van der Waals surface area contributed by atoms with Gasteiger partial charge in [-0.15, -0.1) is 0 Å². The topological polar surface area (TPSA) is 58.3 Å². The zero-order valence-electron chi connectivity index (χ0n) is 14.2. The van der Waals surface area contributed by atoms with Crippen LogP contribution in [0.15, 0.2) is 65.3 Å². The van der Waals surface area contributed by atoms with Crippen LogP contribution in [0.2, 0.25) is 0 Å². The molecule has 2 aromatic heterocycles. The number of aryl methyl sites for hydroxylation is 1. The summed E-state index contributed by atoms with van der Waals surface area (Å²) in [6, 6.07) is 13.5. The number of benzene rings is 1. The van der Waals surface area contributed by atoms with Crippen LogP contribution in [0, 0.1) is 12.7 Å². The second kappa shape index (κ2) is 7.17. The molecule has 4 nitrogen and oxygen atoms in total. The van der Waals surface area contributed by atoms with Crippen LogP contribution in [0.4, 0.5) is 4.39 Å². The molecule has 25 heavy (non-hydrogen) atoms. The summed E-state index contributed by atoms with van der Waals surface area (Å²) in [5.41, 5.74) is 0.649. The van der Waals surface area contributed by atoms with Crippen molar-refractivity contribution in [1.29, 1.82) is 0 Å².